The molecule has 3 heteroatoms. The molecule has 0 aromatic heterocycles. The third-order valence-electron chi connectivity index (χ3n) is 1.17. The second-order valence-corrected chi connectivity index (χ2v) is 3.27. The fourth-order valence-electron chi connectivity index (χ4n) is 0.126. The maximum atomic E-state index is 11.7. The van der Waals surface area contributed by atoms with Gasteiger partial charge in [0.15, 0.2) is 0 Å². The Balaban J connectivity index is 3.14. The van der Waals surface area contributed by atoms with Crippen molar-refractivity contribution in [3.8, 4) is 0 Å². The molecular weight excluding hydrogens is 109 g/mol. The molecule has 0 bridgehead atoms. The van der Waals surface area contributed by atoms with Crippen molar-refractivity contribution in [1.29, 1.82) is 0 Å². The van der Waals surface area contributed by atoms with Crippen molar-refractivity contribution < 1.29 is 4.20 Å². The van der Waals surface area contributed by atoms with Gasteiger partial charge in [0.05, 0.1) is 8.89 Å². The summed E-state index contributed by atoms with van der Waals surface area (Å²) < 4.78 is 11.7. The molecule has 0 aliphatic rings. The molecule has 0 N–H and O–H groups in total. The smallest absolute Gasteiger partial charge is 0.105 e. The van der Waals surface area contributed by atoms with Crippen LogP contribution < -0.4 is 0 Å². The molecule has 0 heterocycles. The van der Waals surface area contributed by atoms with Crippen molar-refractivity contribution in [2.45, 2.75) is 25.3 Å². The average molecular weight is 120 g/mol. The minimum Gasteiger partial charge on any atom is -0.230 e. The van der Waals surface area contributed by atoms with Crippen LogP contribution in [-0.4, -0.2) is 13.5 Å². The third kappa shape index (κ3) is 3.05. The number of hydrogen-bond acceptors (Lipinski definition) is 0. The van der Waals surface area contributed by atoms with Crippen LogP contribution in [0.3, 0.4) is 0 Å². The van der Waals surface area contributed by atoms with Gasteiger partial charge >= 0.3 is 0 Å². The molecule has 0 rings (SSSR count). The monoisotopic (exact) mass is 120 g/mol. The zero-order valence-corrected chi connectivity index (χ0v) is 6.03. The van der Waals surface area contributed by atoms with Gasteiger partial charge in [-0.1, -0.05) is 19.7 Å². The van der Waals surface area contributed by atoms with Crippen LogP contribution in [0.25, 0.3) is 0 Å². The molecule has 0 saturated carbocycles. The number of rotatable bonds is 2. The second-order valence-electron chi connectivity index (χ2n) is 2.14. The first kappa shape index (κ1) is 7.42. The van der Waals surface area contributed by atoms with Crippen LogP contribution in [0.15, 0.2) is 0 Å². The highest BCUT2D eigenvalue weighted by Crippen LogP contribution is 2.27. The molecule has 42 valence electrons. The summed E-state index contributed by atoms with van der Waals surface area (Å²) in [5.41, 5.74) is 0.264. The van der Waals surface area contributed by atoms with E-state index < -0.39 is 0 Å². The van der Waals surface area contributed by atoms with Crippen molar-refractivity contribution in [2.24, 2.45) is 0 Å². The molecule has 0 fully saturated rings. The Kier molecular flexibility index (Phi) is 3.64. The van der Waals surface area contributed by atoms with Crippen molar-refractivity contribution in [3.05, 3.63) is 0 Å². The molecule has 0 radical (unpaired) electrons. The first-order chi connectivity index (χ1) is 3.18. The van der Waals surface area contributed by atoms with Gasteiger partial charge in [0.1, 0.15) is 7.85 Å². The van der Waals surface area contributed by atoms with Crippen molar-refractivity contribution in [3.63, 3.8) is 0 Å². The van der Waals surface area contributed by atoms with E-state index in [0.29, 0.717) is 5.82 Å². The Morgan fingerprint density at radius 1 is 1.57 bits per heavy atom. The Hall–Kier alpha value is 0.425. The molecule has 0 aromatic carbocycles. The van der Waals surface area contributed by atoms with Gasteiger partial charge < -0.3 is 0 Å². The lowest BCUT2D eigenvalue weighted by Gasteiger charge is -2.07. The predicted octanol–water partition coefficient (Wildman–Crippen LogP) is 1.38. The van der Waals surface area contributed by atoms with Crippen LogP contribution in [-0.2, 0) is 0 Å². The zero-order chi connectivity index (χ0) is 5.86. The standard InChI is InChI=1S/C4H11BFP/c1-3(5)4(2)7-6/h3-4,7H,5H2,1-2H3. The van der Waals surface area contributed by atoms with E-state index in [1.54, 1.807) is 0 Å². The van der Waals surface area contributed by atoms with E-state index in [9.17, 15) is 4.20 Å². The van der Waals surface area contributed by atoms with E-state index in [4.69, 9.17) is 0 Å². The minimum absolute atomic E-state index is 0.264. The lowest BCUT2D eigenvalue weighted by Crippen LogP contribution is -1.99. The van der Waals surface area contributed by atoms with E-state index in [-0.39, 0.29) is 14.6 Å². The molecule has 0 amide bonds. The molecule has 0 nitrogen and oxygen atoms in total. The lowest BCUT2D eigenvalue weighted by molar-refractivity contribution is 0.822. The second kappa shape index (κ2) is 3.43. The summed E-state index contributed by atoms with van der Waals surface area (Å²) >= 11 is 0. The van der Waals surface area contributed by atoms with Crippen LogP contribution in [0.5, 0.6) is 0 Å². The van der Waals surface area contributed by atoms with Gasteiger partial charge in [-0.05, 0) is 5.66 Å². The highest BCUT2D eigenvalue weighted by atomic mass is 31.1. The molecule has 0 aliphatic heterocycles. The molecule has 0 spiro atoms. The summed E-state index contributed by atoms with van der Waals surface area (Å²) in [7, 11) is 1.65. The van der Waals surface area contributed by atoms with E-state index in [0.717, 1.165) is 0 Å². The topological polar surface area (TPSA) is 0 Å². The Morgan fingerprint density at radius 2 is 2.00 bits per heavy atom. The molecule has 3 unspecified atom stereocenters. The maximum Gasteiger partial charge on any atom is 0.105 e. The quantitative estimate of drug-likeness (QED) is 0.381. The Morgan fingerprint density at radius 3 is 2.00 bits per heavy atom. The van der Waals surface area contributed by atoms with Gasteiger partial charge in [-0.3, -0.25) is 0 Å². The van der Waals surface area contributed by atoms with Crippen molar-refractivity contribution in [1.82, 2.24) is 0 Å². The summed E-state index contributed by atoms with van der Waals surface area (Å²) in [5, 5.41) is 0. The fourth-order valence-corrected chi connectivity index (χ4v) is 0.378. The van der Waals surface area contributed by atoms with Crippen molar-refractivity contribution in [2.75, 3.05) is 0 Å². The van der Waals surface area contributed by atoms with Gasteiger partial charge in [0.25, 0.3) is 0 Å². The highest BCUT2D eigenvalue weighted by molar-refractivity contribution is 7.32. The number of hydrogen-bond donors (Lipinski definition) is 0. The first-order valence-electron chi connectivity index (χ1n) is 2.54. The molecule has 0 aromatic rings. The summed E-state index contributed by atoms with van der Waals surface area (Å²) in [6, 6.07) is 0. The normalized spacial score (nSPS) is 20.4. The summed E-state index contributed by atoms with van der Waals surface area (Å²) in [6.45, 7) is 3.97. The molecule has 0 saturated heterocycles. The van der Waals surface area contributed by atoms with Gasteiger partial charge in [0, 0.05) is 0 Å². The van der Waals surface area contributed by atoms with E-state index >= 15 is 0 Å². The summed E-state index contributed by atoms with van der Waals surface area (Å²) in [4.78, 5) is 0. The van der Waals surface area contributed by atoms with E-state index in [1.165, 1.54) is 0 Å². The molecule has 0 aliphatic carbocycles. The van der Waals surface area contributed by atoms with Crippen LogP contribution in [0.4, 0.5) is 4.20 Å². The van der Waals surface area contributed by atoms with Crippen LogP contribution in [0.1, 0.15) is 13.8 Å². The number of halogens is 1. The Labute approximate surface area is 47.2 Å². The summed E-state index contributed by atoms with van der Waals surface area (Å²) in [6.07, 6.45) is 0. The van der Waals surface area contributed by atoms with Crippen LogP contribution in [0, 0.1) is 0 Å². The predicted molar refractivity (Wildman–Crippen MR) is 36.9 cm³/mol. The van der Waals surface area contributed by atoms with Gasteiger partial charge in [-0.15, -0.1) is 0 Å². The van der Waals surface area contributed by atoms with E-state index in [1.807, 2.05) is 21.7 Å². The van der Waals surface area contributed by atoms with E-state index in [2.05, 4.69) is 0 Å². The summed E-state index contributed by atoms with van der Waals surface area (Å²) in [5.74, 6) is 0.503. The lowest BCUT2D eigenvalue weighted by atomic mass is 9.87. The SMILES string of the molecule is BC(C)C(C)PF. The average Bonchev–Trinajstić information content (AvgIpc) is 1.65. The largest absolute Gasteiger partial charge is 0.230 e. The fraction of sp³-hybridized carbons (Fsp3) is 1.00. The van der Waals surface area contributed by atoms with Crippen LogP contribution >= 0.6 is 8.89 Å². The first-order valence-corrected chi connectivity index (χ1v) is 3.50. The maximum absolute atomic E-state index is 11.7. The minimum atomic E-state index is -0.388. The van der Waals surface area contributed by atoms with Gasteiger partial charge in [0.2, 0.25) is 0 Å². The van der Waals surface area contributed by atoms with Crippen LogP contribution in [0.2, 0.25) is 5.82 Å². The van der Waals surface area contributed by atoms with Gasteiger partial charge in [-0.25, -0.2) is 4.20 Å². The highest BCUT2D eigenvalue weighted by Gasteiger charge is 2.04. The molecule has 3 atom stereocenters. The Bertz CT molecular complexity index is 49.0. The third-order valence-corrected chi connectivity index (χ3v) is 2.18. The zero-order valence-electron chi connectivity index (χ0n) is 5.03. The van der Waals surface area contributed by atoms with Gasteiger partial charge in [-0.2, -0.15) is 0 Å². The molecular formula is C4H11BFP. The van der Waals surface area contributed by atoms with Crippen molar-refractivity contribution >= 4 is 16.7 Å². The molecule has 7 heavy (non-hydrogen) atoms.